The van der Waals surface area contributed by atoms with Gasteiger partial charge in [0.15, 0.2) is 0 Å². The van der Waals surface area contributed by atoms with Gasteiger partial charge in [-0.15, -0.1) is 11.3 Å². The van der Waals surface area contributed by atoms with Crippen LogP contribution in [0.15, 0.2) is 10.9 Å². The highest BCUT2D eigenvalue weighted by Gasteiger charge is 2.30. The second-order valence-electron chi connectivity index (χ2n) is 5.09. The van der Waals surface area contributed by atoms with Gasteiger partial charge in [-0.1, -0.05) is 13.3 Å². The molecule has 1 aliphatic rings. The van der Waals surface area contributed by atoms with Crippen LogP contribution in [0.25, 0.3) is 0 Å². The van der Waals surface area contributed by atoms with Gasteiger partial charge in [0.25, 0.3) is 0 Å². The molecular weight excluding hydrogens is 312 g/mol. The lowest BCUT2D eigenvalue weighted by atomic mass is 10.1. The average Bonchev–Trinajstić information content (AvgIpc) is 2.97. The fourth-order valence-electron chi connectivity index (χ4n) is 2.14. The van der Waals surface area contributed by atoms with Crippen molar-refractivity contribution in [3.05, 3.63) is 16.6 Å². The molecule has 21 heavy (non-hydrogen) atoms. The molecule has 1 aliphatic heterocycles. The third kappa shape index (κ3) is 5.63. The lowest BCUT2D eigenvalue weighted by Gasteiger charge is -2.31. The summed E-state index contributed by atoms with van der Waals surface area (Å²) >= 11 is 1.51. The van der Waals surface area contributed by atoms with Gasteiger partial charge in [0.1, 0.15) is 0 Å². The van der Waals surface area contributed by atoms with Crippen molar-refractivity contribution in [2.75, 3.05) is 19.0 Å². The van der Waals surface area contributed by atoms with Crippen molar-refractivity contribution < 1.29 is 17.9 Å². The Morgan fingerprint density at radius 1 is 1.57 bits per heavy atom. The molecule has 1 aromatic rings. The Balaban J connectivity index is 1.89. The number of nitrogens with zero attached hydrogens (tertiary/aromatic N) is 1. The maximum absolute atomic E-state index is 12.0. The monoisotopic (exact) mass is 334 g/mol. The van der Waals surface area contributed by atoms with Gasteiger partial charge in [0.05, 0.1) is 42.3 Å². The molecule has 0 spiro atoms. The van der Waals surface area contributed by atoms with Gasteiger partial charge in [-0.3, -0.25) is 0 Å². The van der Waals surface area contributed by atoms with E-state index in [4.69, 9.17) is 9.47 Å². The normalized spacial score (nSPS) is 23.3. The molecule has 8 heteroatoms. The highest BCUT2D eigenvalue weighted by Crippen LogP contribution is 2.15. The summed E-state index contributed by atoms with van der Waals surface area (Å²) < 4.78 is 38.0. The smallest absolute Gasteiger partial charge is 0.211 e. The minimum absolute atomic E-state index is 0.166. The van der Waals surface area contributed by atoms with Crippen LogP contribution < -0.4 is 4.72 Å². The first-order chi connectivity index (χ1) is 10.1. The van der Waals surface area contributed by atoms with Crippen LogP contribution in [0.5, 0.6) is 0 Å². The molecule has 2 heterocycles. The summed E-state index contributed by atoms with van der Waals surface area (Å²) in [6, 6.07) is -0.223. The summed E-state index contributed by atoms with van der Waals surface area (Å²) in [5.74, 6) is 0.166. The average molecular weight is 334 g/mol. The zero-order chi connectivity index (χ0) is 15.1. The quantitative estimate of drug-likeness (QED) is 0.780. The molecule has 1 fully saturated rings. The number of aromatic nitrogens is 1. The summed E-state index contributed by atoms with van der Waals surface area (Å²) in [6.07, 6.45) is 1.89. The van der Waals surface area contributed by atoms with E-state index in [0.717, 1.165) is 12.1 Å². The number of thiazole rings is 1. The summed E-state index contributed by atoms with van der Waals surface area (Å²) in [4.78, 5) is 4.15. The van der Waals surface area contributed by atoms with Crippen molar-refractivity contribution in [1.29, 1.82) is 0 Å². The first-order valence-electron chi connectivity index (χ1n) is 7.17. The van der Waals surface area contributed by atoms with Crippen LogP contribution in [0.2, 0.25) is 0 Å². The number of sulfonamides is 1. The molecule has 1 N–H and O–H groups in total. The van der Waals surface area contributed by atoms with Gasteiger partial charge in [-0.05, 0) is 12.8 Å². The zero-order valence-electron chi connectivity index (χ0n) is 12.2. The van der Waals surface area contributed by atoms with Crippen LogP contribution >= 0.6 is 11.3 Å². The van der Waals surface area contributed by atoms with Crippen molar-refractivity contribution in [2.45, 2.75) is 44.9 Å². The van der Waals surface area contributed by atoms with Gasteiger partial charge in [0.2, 0.25) is 10.0 Å². The molecule has 0 unspecified atom stereocenters. The van der Waals surface area contributed by atoms with E-state index in [-0.39, 0.29) is 17.9 Å². The fourth-order valence-corrected chi connectivity index (χ4v) is 4.20. The number of ether oxygens (including phenoxy) is 2. The molecule has 0 amide bonds. The lowest BCUT2D eigenvalue weighted by molar-refractivity contribution is -0.0717. The van der Waals surface area contributed by atoms with Crippen LogP contribution in [-0.2, 0) is 26.1 Å². The Morgan fingerprint density at radius 3 is 3.14 bits per heavy atom. The predicted octanol–water partition coefficient (Wildman–Crippen LogP) is 1.54. The second-order valence-corrected chi connectivity index (χ2v) is 7.68. The van der Waals surface area contributed by atoms with Crippen molar-refractivity contribution in [3.63, 3.8) is 0 Å². The third-order valence-electron chi connectivity index (χ3n) is 3.33. The Kier molecular flexibility index (Phi) is 6.56. The molecule has 120 valence electrons. The number of nitrogens with one attached hydrogen (secondary N) is 1. The maximum atomic E-state index is 12.0. The number of unbranched alkanes of at least 4 members (excludes halogenated alkanes) is 1. The standard InChI is InChI=1S/C13H22N2O4S2/c1-2-3-6-21(16,17)15-12-4-5-18-8-13(12)19-7-11-9-20-10-14-11/h9-10,12-13,15H,2-8H2,1H3/t12-,13-/m1/s1. The van der Waals surface area contributed by atoms with Gasteiger partial charge in [-0.2, -0.15) is 0 Å². The molecule has 2 atom stereocenters. The van der Waals surface area contributed by atoms with Crippen LogP contribution in [0, 0.1) is 0 Å². The molecule has 0 bridgehead atoms. The molecule has 1 saturated heterocycles. The van der Waals surface area contributed by atoms with Crippen molar-refractivity contribution in [1.82, 2.24) is 9.71 Å². The number of rotatable bonds is 8. The van der Waals surface area contributed by atoms with E-state index in [1.807, 2.05) is 12.3 Å². The summed E-state index contributed by atoms with van der Waals surface area (Å²) in [7, 11) is -3.25. The van der Waals surface area contributed by atoms with Crippen LogP contribution in [-0.4, -0.2) is 44.5 Å². The highest BCUT2D eigenvalue weighted by atomic mass is 32.2. The van der Waals surface area contributed by atoms with E-state index in [1.54, 1.807) is 5.51 Å². The highest BCUT2D eigenvalue weighted by molar-refractivity contribution is 7.89. The minimum atomic E-state index is -3.25. The number of hydrogen-bond acceptors (Lipinski definition) is 6. The van der Waals surface area contributed by atoms with Crippen LogP contribution in [0.1, 0.15) is 31.9 Å². The predicted molar refractivity (Wildman–Crippen MR) is 81.7 cm³/mol. The zero-order valence-corrected chi connectivity index (χ0v) is 13.8. The molecule has 6 nitrogen and oxygen atoms in total. The van der Waals surface area contributed by atoms with Crippen LogP contribution in [0.3, 0.4) is 0 Å². The van der Waals surface area contributed by atoms with E-state index < -0.39 is 10.0 Å². The van der Waals surface area contributed by atoms with E-state index in [1.165, 1.54) is 11.3 Å². The Bertz CT molecular complexity index is 504. The molecule has 0 radical (unpaired) electrons. The van der Waals surface area contributed by atoms with E-state index in [0.29, 0.717) is 32.7 Å². The third-order valence-corrected chi connectivity index (χ3v) is 5.45. The van der Waals surface area contributed by atoms with Crippen molar-refractivity contribution >= 4 is 21.4 Å². The minimum Gasteiger partial charge on any atom is -0.379 e. The maximum Gasteiger partial charge on any atom is 0.211 e. The van der Waals surface area contributed by atoms with Crippen molar-refractivity contribution in [3.8, 4) is 0 Å². The lowest BCUT2D eigenvalue weighted by Crippen LogP contribution is -2.50. The summed E-state index contributed by atoms with van der Waals surface area (Å²) in [5, 5.41) is 1.92. The van der Waals surface area contributed by atoms with Gasteiger partial charge < -0.3 is 9.47 Å². The fraction of sp³-hybridized carbons (Fsp3) is 0.769. The summed E-state index contributed by atoms with van der Waals surface area (Å²) in [5.41, 5.74) is 2.61. The topological polar surface area (TPSA) is 77.5 Å². The van der Waals surface area contributed by atoms with E-state index >= 15 is 0 Å². The van der Waals surface area contributed by atoms with Gasteiger partial charge in [-0.25, -0.2) is 18.1 Å². The van der Waals surface area contributed by atoms with E-state index in [9.17, 15) is 8.42 Å². The Labute approximate surface area is 129 Å². The first-order valence-corrected chi connectivity index (χ1v) is 9.76. The molecule has 0 aromatic carbocycles. The second kappa shape index (κ2) is 8.19. The molecular formula is C13H22N2O4S2. The van der Waals surface area contributed by atoms with E-state index in [2.05, 4.69) is 9.71 Å². The first kappa shape index (κ1) is 16.8. The molecule has 1 aromatic heterocycles. The molecule has 0 saturated carbocycles. The summed E-state index contributed by atoms with van der Waals surface area (Å²) in [6.45, 7) is 3.32. The largest absolute Gasteiger partial charge is 0.379 e. The SMILES string of the molecule is CCCCS(=O)(=O)N[C@@H]1CCOC[C@H]1OCc1cscn1. The van der Waals surface area contributed by atoms with Gasteiger partial charge >= 0.3 is 0 Å². The number of hydrogen-bond donors (Lipinski definition) is 1. The van der Waals surface area contributed by atoms with Gasteiger partial charge in [0, 0.05) is 12.0 Å². The Hall–Kier alpha value is -0.540. The van der Waals surface area contributed by atoms with Crippen molar-refractivity contribution in [2.24, 2.45) is 0 Å². The molecule has 2 rings (SSSR count). The Morgan fingerprint density at radius 2 is 2.43 bits per heavy atom. The molecule has 0 aliphatic carbocycles. The van der Waals surface area contributed by atoms with Crippen LogP contribution in [0.4, 0.5) is 0 Å².